The van der Waals surface area contributed by atoms with E-state index >= 15 is 0 Å². The molecule has 1 saturated heterocycles. The lowest BCUT2D eigenvalue weighted by Gasteiger charge is -2.50. The number of halogens is 1. The highest BCUT2D eigenvalue weighted by atomic mass is 35.5. The number of carbonyl (C=O) groups is 1. The molecule has 2 aromatic carbocycles. The number of nitrogens with zero attached hydrogens (tertiary/aromatic N) is 2. The predicted octanol–water partition coefficient (Wildman–Crippen LogP) is 6.31. The van der Waals surface area contributed by atoms with E-state index in [4.69, 9.17) is 21.1 Å². The van der Waals surface area contributed by atoms with Gasteiger partial charge in [-0.1, -0.05) is 49.7 Å². The van der Waals surface area contributed by atoms with E-state index in [-0.39, 0.29) is 5.41 Å². The molecule has 0 spiro atoms. The summed E-state index contributed by atoms with van der Waals surface area (Å²) in [5.74, 6) is 0.112. The molecule has 2 aliphatic heterocycles. The predicted molar refractivity (Wildman–Crippen MR) is 159 cm³/mol. The topological polar surface area (TPSA) is 92.1 Å². The van der Waals surface area contributed by atoms with E-state index in [0.717, 1.165) is 54.0 Å². The smallest absolute Gasteiger partial charge is 0.347 e. The summed E-state index contributed by atoms with van der Waals surface area (Å²) < 4.78 is 12.0. The molecule has 1 fully saturated rings. The van der Waals surface area contributed by atoms with Gasteiger partial charge in [0, 0.05) is 47.4 Å². The summed E-state index contributed by atoms with van der Waals surface area (Å²) in [6.45, 7) is 9.97. The van der Waals surface area contributed by atoms with Crippen molar-refractivity contribution in [3.63, 3.8) is 0 Å². The maximum atomic E-state index is 11.7. The van der Waals surface area contributed by atoms with Crippen LogP contribution < -0.4 is 9.47 Å². The highest BCUT2D eigenvalue weighted by Crippen LogP contribution is 2.46. The number of benzene rings is 2. The first-order chi connectivity index (χ1) is 19.4. The molecule has 3 heterocycles. The van der Waals surface area contributed by atoms with Crippen molar-refractivity contribution >= 4 is 23.1 Å². The van der Waals surface area contributed by atoms with Gasteiger partial charge in [0.15, 0.2) is 5.60 Å². The molecule has 8 heteroatoms. The lowest BCUT2D eigenvalue weighted by Crippen LogP contribution is -2.55. The van der Waals surface area contributed by atoms with Gasteiger partial charge >= 0.3 is 5.97 Å². The van der Waals surface area contributed by atoms with Gasteiger partial charge in [-0.3, -0.25) is 4.98 Å². The minimum atomic E-state index is -1.38. The van der Waals surface area contributed by atoms with Crippen LogP contribution in [-0.4, -0.2) is 51.3 Å². The van der Waals surface area contributed by atoms with Crippen molar-refractivity contribution in [2.45, 2.75) is 58.3 Å². The Kier molecular flexibility index (Phi) is 7.90. The normalized spacial score (nSPS) is 21.4. The molecule has 3 aromatic rings. The van der Waals surface area contributed by atoms with E-state index in [0.29, 0.717) is 29.5 Å². The standard InChI is InChI=1S/C33H37ClN2O5/c1-31(2)21-36(18-15-33(31,39)22-9-11-23(34)12-10-22)17-6-8-25-26-7-5-16-35-28(26)20-40-29-14-13-24(19-27(25)29)41-32(3,4)30(37)38/h5,7-14,16,19,39H,6,15,17-18,20-21H2,1-4H3,(H,37,38)/b25-8+/t33-/m0/s1. The van der Waals surface area contributed by atoms with Gasteiger partial charge in [0.25, 0.3) is 0 Å². The molecule has 41 heavy (non-hydrogen) atoms. The van der Waals surface area contributed by atoms with Crippen LogP contribution >= 0.6 is 11.6 Å². The number of aromatic nitrogens is 1. The highest BCUT2D eigenvalue weighted by Gasteiger charge is 2.48. The minimum absolute atomic E-state index is 0.338. The summed E-state index contributed by atoms with van der Waals surface area (Å²) in [5, 5.41) is 22.0. The second-order valence-corrected chi connectivity index (χ2v) is 12.5. The zero-order valence-corrected chi connectivity index (χ0v) is 24.7. The highest BCUT2D eigenvalue weighted by molar-refractivity contribution is 6.30. The van der Waals surface area contributed by atoms with E-state index in [9.17, 15) is 15.0 Å². The molecule has 2 aliphatic rings. The molecule has 0 saturated carbocycles. The first kappa shape index (κ1) is 29.1. The van der Waals surface area contributed by atoms with Crippen molar-refractivity contribution in [1.82, 2.24) is 9.88 Å². The summed E-state index contributed by atoms with van der Waals surface area (Å²) >= 11 is 6.10. The van der Waals surface area contributed by atoms with Crippen LogP contribution in [0.1, 0.15) is 62.9 Å². The Morgan fingerprint density at radius 3 is 2.63 bits per heavy atom. The summed E-state index contributed by atoms with van der Waals surface area (Å²) in [4.78, 5) is 18.6. The van der Waals surface area contributed by atoms with Crippen LogP contribution in [0.5, 0.6) is 11.5 Å². The number of piperidine rings is 1. The van der Waals surface area contributed by atoms with Gasteiger partial charge in [-0.15, -0.1) is 0 Å². The van der Waals surface area contributed by atoms with E-state index < -0.39 is 17.2 Å². The lowest BCUT2D eigenvalue weighted by atomic mass is 9.66. The van der Waals surface area contributed by atoms with E-state index in [2.05, 4.69) is 29.8 Å². The van der Waals surface area contributed by atoms with Gasteiger partial charge in [0.2, 0.25) is 0 Å². The fraction of sp³-hybridized carbons (Fsp3) is 0.394. The number of carboxylic acid groups (broad SMARTS) is 1. The van der Waals surface area contributed by atoms with Crippen molar-refractivity contribution in [1.29, 1.82) is 0 Å². The third kappa shape index (κ3) is 5.85. The van der Waals surface area contributed by atoms with Crippen LogP contribution in [0.4, 0.5) is 0 Å². The third-order valence-electron chi connectivity index (χ3n) is 8.32. The van der Waals surface area contributed by atoms with Crippen LogP contribution in [0.15, 0.2) is 66.9 Å². The van der Waals surface area contributed by atoms with Crippen molar-refractivity contribution < 1.29 is 24.5 Å². The second kappa shape index (κ2) is 11.1. The molecule has 0 unspecified atom stereocenters. The Balaban J connectivity index is 1.39. The summed E-state index contributed by atoms with van der Waals surface area (Å²) in [5.41, 5.74) is 1.87. The number of rotatable bonds is 7. The molecule has 1 atom stereocenters. The zero-order chi connectivity index (χ0) is 29.4. The van der Waals surface area contributed by atoms with Gasteiger partial charge < -0.3 is 24.6 Å². The van der Waals surface area contributed by atoms with Gasteiger partial charge in [0.1, 0.15) is 18.1 Å². The fourth-order valence-corrected chi connectivity index (χ4v) is 5.95. The SMILES string of the molecule is CC(C)(Oc1ccc2c(c1)/C(=C/CCN1CC[C@](O)(c3ccc(Cl)cc3)C(C)(C)C1)c1cccnc1CO2)C(=O)O. The fourth-order valence-electron chi connectivity index (χ4n) is 5.83. The Labute approximate surface area is 246 Å². The Morgan fingerprint density at radius 1 is 1.17 bits per heavy atom. The zero-order valence-electron chi connectivity index (χ0n) is 24.0. The van der Waals surface area contributed by atoms with Crippen LogP contribution in [0.3, 0.4) is 0 Å². The number of fused-ring (bicyclic) bond motifs is 2. The molecule has 5 rings (SSSR count). The molecular weight excluding hydrogens is 540 g/mol. The number of pyridine rings is 1. The Bertz CT molecular complexity index is 1470. The number of likely N-dealkylation sites (tertiary alicyclic amines) is 1. The first-order valence-corrected chi connectivity index (χ1v) is 14.3. The molecular formula is C33H37ClN2O5. The summed E-state index contributed by atoms with van der Waals surface area (Å²) in [6, 6.07) is 16.9. The van der Waals surface area contributed by atoms with Gasteiger partial charge in [-0.25, -0.2) is 4.79 Å². The summed E-state index contributed by atoms with van der Waals surface area (Å²) in [6.07, 6.45) is 5.36. The van der Waals surface area contributed by atoms with Crippen LogP contribution in [0, 0.1) is 5.41 Å². The molecule has 0 bridgehead atoms. The van der Waals surface area contributed by atoms with Crippen molar-refractivity contribution in [3.8, 4) is 11.5 Å². The maximum absolute atomic E-state index is 11.7. The van der Waals surface area contributed by atoms with E-state index in [1.54, 1.807) is 12.3 Å². The van der Waals surface area contributed by atoms with Gasteiger partial charge in [0.05, 0.1) is 11.3 Å². The molecule has 0 amide bonds. The third-order valence-corrected chi connectivity index (χ3v) is 8.57. The average molecular weight is 577 g/mol. The second-order valence-electron chi connectivity index (χ2n) is 12.0. The monoisotopic (exact) mass is 576 g/mol. The lowest BCUT2D eigenvalue weighted by molar-refractivity contribution is -0.152. The van der Waals surface area contributed by atoms with E-state index in [1.807, 2.05) is 48.5 Å². The molecule has 1 aromatic heterocycles. The number of ether oxygens (including phenoxy) is 2. The largest absolute Gasteiger partial charge is 0.487 e. The Morgan fingerprint density at radius 2 is 1.93 bits per heavy atom. The number of aliphatic carboxylic acids is 1. The van der Waals surface area contributed by atoms with Crippen molar-refractivity contribution in [2.75, 3.05) is 19.6 Å². The van der Waals surface area contributed by atoms with E-state index in [1.165, 1.54) is 13.8 Å². The maximum Gasteiger partial charge on any atom is 0.347 e. The van der Waals surface area contributed by atoms with Crippen LogP contribution in [0.25, 0.3) is 5.57 Å². The van der Waals surface area contributed by atoms with Gasteiger partial charge in [-0.05, 0) is 74.2 Å². The molecule has 216 valence electrons. The summed E-state index contributed by atoms with van der Waals surface area (Å²) in [7, 11) is 0. The molecule has 2 N–H and O–H groups in total. The van der Waals surface area contributed by atoms with Crippen molar-refractivity contribution in [2.24, 2.45) is 5.41 Å². The van der Waals surface area contributed by atoms with Crippen LogP contribution in [-0.2, 0) is 17.0 Å². The van der Waals surface area contributed by atoms with Gasteiger partial charge in [-0.2, -0.15) is 0 Å². The molecule has 0 radical (unpaired) electrons. The minimum Gasteiger partial charge on any atom is -0.487 e. The van der Waals surface area contributed by atoms with Crippen molar-refractivity contribution in [3.05, 3.63) is 94.3 Å². The number of aliphatic hydroxyl groups is 1. The molecule has 0 aliphatic carbocycles. The molecule has 7 nitrogen and oxygen atoms in total. The number of carboxylic acids is 1. The average Bonchev–Trinajstić information content (AvgIpc) is 3.07. The van der Waals surface area contributed by atoms with Crippen LogP contribution in [0.2, 0.25) is 5.02 Å². The number of hydrogen-bond donors (Lipinski definition) is 2. The number of hydrogen-bond acceptors (Lipinski definition) is 6. The quantitative estimate of drug-likeness (QED) is 0.340. The Hall–Kier alpha value is -3.39. The first-order valence-electron chi connectivity index (χ1n) is 13.9.